The van der Waals surface area contributed by atoms with E-state index in [0.29, 0.717) is 11.4 Å². The van der Waals surface area contributed by atoms with E-state index in [2.05, 4.69) is 10.3 Å². The first-order valence-corrected chi connectivity index (χ1v) is 11.9. The molecule has 0 aliphatic rings. The minimum atomic E-state index is -3.61. The van der Waals surface area contributed by atoms with Gasteiger partial charge in [-0.05, 0) is 30.7 Å². The van der Waals surface area contributed by atoms with Crippen LogP contribution in [-0.4, -0.2) is 36.5 Å². The zero-order valence-electron chi connectivity index (χ0n) is 16.4. The number of nitrogens with one attached hydrogen (secondary N) is 1. The average molecular weight is 441 g/mol. The van der Waals surface area contributed by atoms with Crippen molar-refractivity contribution in [3.63, 3.8) is 0 Å². The molecule has 2 heterocycles. The number of thiazole rings is 1. The number of sulfonamides is 1. The number of imidazole rings is 1. The van der Waals surface area contributed by atoms with E-state index in [9.17, 15) is 13.2 Å². The van der Waals surface area contributed by atoms with E-state index in [4.69, 9.17) is 0 Å². The molecule has 154 valence electrons. The molecule has 0 atom stereocenters. The fraction of sp³-hybridized carbons (Fsp3) is 0.143. The summed E-state index contributed by atoms with van der Waals surface area (Å²) in [6.45, 7) is 1.51. The highest BCUT2D eigenvalue weighted by molar-refractivity contribution is 7.92. The standard InChI is InChI=1S/C21H20N4O3S2/c1-15-5-3-4-6-19(15)25(30(2,27)28)14-20(26)22-17-9-7-16(8-10-17)18-13-24-11-12-29-21(24)23-18/h3-13H,14H2,1-2H3,(H,22,26). The summed E-state index contributed by atoms with van der Waals surface area (Å²) >= 11 is 1.56. The lowest BCUT2D eigenvalue weighted by Crippen LogP contribution is -2.37. The predicted molar refractivity (Wildman–Crippen MR) is 121 cm³/mol. The number of carbonyl (C=O) groups excluding carboxylic acids is 1. The molecule has 1 amide bonds. The third-order valence-corrected chi connectivity index (χ3v) is 6.53. The zero-order chi connectivity index (χ0) is 21.3. The lowest BCUT2D eigenvalue weighted by atomic mass is 10.1. The molecule has 0 spiro atoms. The molecule has 0 fully saturated rings. The third kappa shape index (κ3) is 4.22. The second-order valence-electron chi connectivity index (χ2n) is 6.90. The van der Waals surface area contributed by atoms with Crippen LogP contribution in [0.5, 0.6) is 0 Å². The molecule has 0 radical (unpaired) electrons. The van der Waals surface area contributed by atoms with E-state index in [0.717, 1.165) is 32.3 Å². The fourth-order valence-electron chi connectivity index (χ4n) is 3.15. The number of aromatic nitrogens is 2. The topological polar surface area (TPSA) is 83.8 Å². The summed E-state index contributed by atoms with van der Waals surface area (Å²) in [6, 6.07) is 14.4. The molecule has 0 saturated carbocycles. The molecular weight excluding hydrogens is 420 g/mol. The molecule has 0 saturated heterocycles. The van der Waals surface area contributed by atoms with Crippen LogP contribution < -0.4 is 9.62 Å². The van der Waals surface area contributed by atoms with Crippen molar-refractivity contribution in [3.05, 3.63) is 71.9 Å². The molecule has 2 aromatic carbocycles. The number of para-hydroxylation sites is 1. The Morgan fingerprint density at radius 3 is 2.57 bits per heavy atom. The monoisotopic (exact) mass is 440 g/mol. The van der Waals surface area contributed by atoms with Crippen molar-refractivity contribution in [1.82, 2.24) is 9.38 Å². The van der Waals surface area contributed by atoms with Gasteiger partial charge in [0.2, 0.25) is 15.9 Å². The Morgan fingerprint density at radius 1 is 1.17 bits per heavy atom. The predicted octanol–water partition coefficient (Wildman–Crippen LogP) is 3.78. The number of hydrogen-bond acceptors (Lipinski definition) is 5. The lowest BCUT2D eigenvalue weighted by Gasteiger charge is -2.23. The number of benzene rings is 2. The molecule has 1 N–H and O–H groups in total. The minimum absolute atomic E-state index is 0.303. The number of rotatable bonds is 6. The molecule has 0 bridgehead atoms. The normalized spacial score (nSPS) is 11.5. The summed E-state index contributed by atoms with van der Waals surface area (Å²) in [5.41, 5.74) is 3.64. The van der Waals surface area contributed by atoms with Gasteiger partial charge in [0.25, 0.3) is 0 Å². The van der Waals surface area contributed by atoms with Crippen molar-refractivity contribution in [2.45, 2.75) is 6.92 Å². The number of aryl methyl sites for hydroxylation is 1. The van der Waals surface area contributed by atoms with Crippen LogP contribution in [0.15, 0.2) is 66.3 Å². The number of hydrogen-bond donors (Lipinski definition) is 1. The van der Waals surface area contributed by atoms with E-state index in [1.165, 1.54) is 0 Å². The first-order valence-electron chi connectivity index (χ1n) is 9.17. The summed E-state index contributed by atoms with van der Waals surface area (Å²) in [4.78, 5) is 18.0. The van der Waals surface area contributed by atoms with Crippen molar-refractivity contribution in [3.8, 4) is 11.3 Å². The van der Waals surface area contributed by atoms with Gasteiger partial charge in [0.1, 0.15) is 6.54 Å². The minimum Gasteiger partial charge on any atom is -0.325 e. The Kier molecular flexibility index (Phi) is 5.31. The Morgan fingerprint density at radius 2 is 1.90 bits per heavy atom. The van der Waals surface area contributed by atoms with Gasteiger partial charge in [-0.3, -0.25) is 13.5 Å². The molecule has 7 nitrogen and oxygen atoms in total. The summed E-state index contributed by atoms with van der Waals surface area (Å²) in [7, 11) is -3.61. The van der Waals surface area contributed by atoms with Gasteiger partial charge < -0.3 is 5.32 Å². The third-order valence-electron chi connectivity index (χ3n) is 4.63. The average Bonchev–Trinajstić information content (AvgIpc) is 3.29. The van der Waals surface area contributed by atoms with E-state index in [1.54, 1.807) is 35.6 Å². The highest BCUT2D eigenvalue weighted by Crippen LogP contribution is 2.24. The zero-order valence-corrected chi connectivity index (χ0v) is 18.1. The van der Waals surface area contributed by atoms with E-state index < -0.39 is 15.9 Å². The molecule has 0 aliphatic heterocycles. The number of nitrogens with zero attached hydrogens (tertiary/aromatic N) is 3. The molecule has 9 heteroatoms. The molecule has 0 aliphatic carbocycles. The van der Waals surface area contributed by atoms with Crippen molar-refractivity contribution in [2.75, 3.05) is 22.4 Å². The second-order valence-corrected chi connectivity index (χ2v) is 9.68. The van der Waals surface area contributed by atoms with Crippen LogP contribution in [0.25, 0.3) is 16.2 Å². The maximum absolute atomic E-state index is 12.6. The maximum atomic E-state index is 12.6. The quantitative estimate of drug-likeness (QED) is 0.495. The number of amides is 1. The van der Waals surface area contributed by atoms with Gasteiger partial charge in [-0.25, -0.2) is 13.4 Å². The molecule has 0 unspecified atom stereocenters. The molecule has 30 heavy (non-hydrogen) atoms. The van der Waals surface area contributed by atoms with Gasteiger partial charge in [-0.1, -0.05) is 30.3 Å². The molecule has 4 rings (SSSR count). The van der Waals surface area contributed by atoms with E-state index in [-0.39, 0.29) is 6.54 Å². The Hall–Kier alpha value is -3.17. The van der Waals surface area contributed by atoms with E-state index >= 15 is 0 Å². The second kappa shape index (κ2) is 7.92. The van der Waals surface area contributed by atoms with Crippen molar-refractivity contribution in [1.29, 1.82) is 0 Å². The van der Waals surface area contributed by atoms with Crippen LogP contribution >= 0.6 is 11.3 Å². The Bertz CT molecular complexity index is 1280. The maximum Gasteiger partial charge on any atom is 0.245 e. The van der Waals surface area contributed by atoms with Crippen LogP contribution in [0.4, 0.5) is 11.4 Å². The SMILES string of the molecule is Cc1ccccc1N(CC(=O)Nc1ccc(-c2cn3ccsc3n2)cc1)S(C)(=O)=O. The van der Waals surface area contributed by atoms with Crippen molar-refractivity contribution >= 4 is 43.6 Å². The Labute approximate surface area is 178 Å². The highest BCUT2D eigenvalue weighted by Gasteiger charge is 2.22. The Balaban J connectivity index is 1.48. The first-order chi connectivity index (χ1) is 14.3. The summed E-state index contributed by atoms with van der Waals surface area (Å²) in [5.74, 6) is -0.418. The van der Waals surface area contributed by atoms with Gasteiger partial charge in [0.15, 0.2) is 4.96 Å². The van der Waals surface area contributed by atoms with Gasteiger partial charge in [-0.2, -0.15) is 0 Å². The van der Waals surface area contributed by atoms with Gasteiger partial charge in [-0.15, -0.1) is 11.3 Å². The number of carbonyl (C=O) groups is 1. The molecule has 4 aromatic rings. The molecular formula is C21H20N4O3S2. The summed E-state index contributed by atoms with van der Waals surface area (Å²) in [6.07, 6.45) is 5.00. The number of fused-ring (bicyclic) bond motifs is 1. The van der Waals surface area contributed by atoms with Crippen LogP contribution in [-0.2, 0) is 14.8 Å². The summed E-state index contributed by atoms with van der Waals surface area (Å²) < 4.78 is 27.6. The lowest BCUT2D eigenvalue weighted by molar-refractivity contribution is -0.114. The van der Waals surface area contributed by atoms with Crippen molar-refractivity contribution < 1.29 is 13.2 Å². The number of anilines is 2. The van der Waals surface area contributed by atoms with Crippen molar-refractivity contribution in [2.24, 2.45) is 0 Å². The molecule has 2 aromatic heterocycles. The van der Waals surface area contributed by atoms with Crippen LogP contribution in [0.2, 0.25) is 0 Å². The van der Waals surface area contributed by atoms with Crippen LogP contribution in [0.1, 0.15) is 5.56 Å². The fourth-order valence-corrected chi connectivity index (χ4v) is 4.76. The first kappa shape index (κ1) is 20.1. The smallest absolute Gasteiger partial charge is 0.245 e. The van der Waals surface area contributed by atoms with Crippen LogP contribution in [0, 0.1) is 6.92 Å². The van der Waals surface area contributed by atoms with E-state index in [1.807, 2.05) is 53.4 Å². The van der Waals surface area contributed by atoms with Crippen LogP contribution in [0.3, 0.4) is 0 Å². The van der Waals surface area contributed by atoms with Gasteiger partial charge in [0, 0.05) is 29.0 Å². The van der Waals surface area contributed by atoms with Gasteiger partial charge >= 0.3 is 0 Å². The van der Waals surface area contributed by atoms with Gasteiger partial charge in [0.05, 0.1) is 17.6 Å². The largest absolute Gasteiger partial charge is 0.325 e. The highest BCUT2D eigenvalue weighted by atomic mass is 32.2. The summed E-state index contributed by atoms with van der Waals surface area (Å²) in [5, 5.41) is 4.74.